The Labute approximate surface area is 71.9 Å². The van der Waals surface area contributed by atoms with Crippen LogP contribution in [0.15, 0.2) is 0 Å². The Bertz CT molecular complexity index is 196. The molecule has 12 heavy (non-hydrogen) atoms. The summed E-state index contributed by atoms with van der Waals surface area (Å²) in [5.74, 6) is 0.720. The van der Waals surface area contributed by atoms with Gasteiger partial charge in [-0.05, 0) is 13.3 Å². The Balaban J connectivity index is 2.17. The third-order valence-electron chi connectivity index (χ3n) is 1.72. The molecule has 0 radical (unpaired) electrons. The topological polar surface area (TPSA) is 66.5 Å². The van der Waals surface area contributed by atoms with Crippen molar-refractivity contribution >= 4 is 0 Å². The molecule has 2 N–H and O–H groups in total. The standard InChI is InChI=1S/C7H15N5/c1-3-4-6(2)8-5-7-9-11-12-10-7/h6,8H,3-5H2,1-2H3,(H,9,10,11,12). The molecule has 5 nitrogen and oxygen atoms in total. The van der Waals surface area contributed by atoms with Gasteiger partial charge in [0.25, 0.3) is 0 Å². The molecule has 1 atom stereocenters. The smallest absolute Gasteiger partial charge is 0.188 e. The summed E-state index contributed by atoms with van der Waals surface area (Å²) in [5.41, 5.74) is 0. The first-order chi connectivity index (χ1) is 5.83. The lowest BCUT2D eigenvalue weighted by Crippen LogP contribution is -2.25. The molecule has 0 fully saturated rings. The number of hydrogen-bond donors (Lipinski definition) is 2. The first-order valence-corrected chi connectivity index (χ1v) is 4.28. The van der Waals surface area contributed by atoms with Gasteiger partial charge in [0.15, 0.2) is 5.82 Å². The zero-order chi connectivity index (χ0) is 8.81. The minimum Gasteiger partial charge on any atom is -0.307 e. The number of aromatic amines is 1. The van der Waals surface area contributed by atoms with Crippen molar-refractivity contribution in [3.05, 3.63) is 5.82 Å². The average molecular weight is 169 g/mol. The minimum absolute atomic E-state index is 0.522. The van der Waals surface area contributed by atoms with E-state index >= 15 is 0 Å². The largest absolute Gasteiger partial charge is 0.307 e. The van der Waals surface area contributed by atoms with E-state index in [0.717, 1.165) is 5.82 Å². The van der Waals surface area contributed by atoms with Gasteiger partial charge in [0.05, 0.1) is 6.54 Å². The average Bonchev–Trinajstić information content (AvgIpc) is 2.53. The van der Waals surface area contributed by atoms with Crippen LogP contribution in [0.5, 0.6) is 0 Å². The summed E-state index contributed by atoms with van der Waals surface area (Å²) in [6, 6.07) is 0.522. The van der Waals surface area contributed by atoms with E-state index < -0.39 is 0 Å². The van der Waals surface area contributed by atoms with E-state index in [9.17, 15) is 0 Å². The third kappa shape index (κ3) is 2.96. The highest BCUT2D eigenvalue weighted by atomic mass is 15.5. The Morgan fingerprint density at radius 3 is 3.00 bits per heavy atom. The molecule has 0 amide bonds. The molecule has 0 spiro atoms. The zero-order valence-corrected chi connectivity index (χ0v) is 7.54. The lowest BCUT2D eigenvalue weighted by molar-refractivity contribution is 0.499. The van der Waals surface area contributed by atoms with E-state index in [-0.39, 0.29) is 0 Å². The fraction of sp³-hybridized carbons (Fsp3) is 0.857. The number of H-pyrrole nitrogens is 1. The number of rotatable bonds is 5. The fourth-order valence-electron chi connectivity index (χ4n) is 1.06. The van der Waals surface area contributed by atoms with Crippen molar-refractivity contribution < 1.29 is 0 Å². The highest BCUT2D eigenvalue weighted by Gasteiger charge is 2.01. The van der Waals surface area contributed by atoms with Crippen LogP contribution in [0.25, 0.3) is 0 Å². The first-order valence-electron chi connectivity index (χ1n) is 4.28. The fourth-order valence-corrected chi connectivity index (χ4v) is 1.06. The number of nitrogens with zero attached hydrogens (tertiary/aromatic N) is 3. The molecule has 0 aliphatic rings. The third-order valence-corrected chi connectivity index (χ3v) is 1.72. The molecule has 0 bridgehead atoms. The molecule has 0 saturated carbocycles. The van der Waals surface area contributed by atoms with Gasteiger partial charge in [-0.15, -0.1) is 10.2 Å². The van der Waals surface area contributed by atoms with E-state index in [1.54, 1.807) is 0 Å². The number of nitrogens with one attached hydrogen (secondary N) is 2. The van der Waals surface area contributed by atoms with Gasteiger partial charge in [-0.1, -0.05) is 18.6 Å². The Morgan fingerprint density at radius 2 is 2.42 bits per heavy atom. The van der Waals surface area contributed by atoms with Crippen LogP contribution in [0, 0.1) is 0 Å². The van der Waals surface area contributed by atoms with E-state index in [4.69, 9.17) is 0 Å². The van der Waals surface area contributed by atoms with Crippen LogP contribution < -0.4 is 5.32 Å². The summed E-state index contributed by atoms with van der Waals surface area (Å²) in [6.45, 7) is 5.02. The van der Waals surface area contributed by atoms with Crippen molar-refractivity contribution in [2.45, 2.75) is 39.3 Å². The molecule has 1 rings (SSSR count). The van der Waals surface area contributed by atoms with Crippen molar-refractivity contribution in [1.82, 2.24) is 25.9 Å². The maximum atomic E-state index is 3.84. The number of hydrogen-bond acceptors (Lipinski definition) is 4. The molecular formula is C7H15N5. The summed E-state index contributed by atoms with van der Waals surface area (Å²) in [5, 5.41) is 16.9. The number of aromatic nitrogens is 4. The van der Waals surface area contributed by atoms with Crippen molar-refractivity contribution in [2.24, 2.45) is 0 Å². The van der Waals surface area contributed by atoms with Crippen LogP contribution >= 0.6 is 0 Å². The van der Waals surface area contributed by atoms with Gasteiger partial charge in [0.1, 0.15) is 0 Å². The summed E-state index contributed by atoms with van der Waals surface area (Å²) in [4.78, 5) is 0. The van der Waals surface area contributed by atoms with Gasteiger partial charge in [0, 0.05) is 6.04 Å². The van der Waals surface area contributed by atoms with Gasteiger partial charge in [-0.3, -0.25) is 0 Å². The second-order valence-corrected chi connectivity index (χ2v) is 2.90. The van der Waals surface area contributed by atoms with Crippen LogP contribution in [0.1, 0.15) is 32.5 Å². The Kier molecular flexibility index (Phi) is 3.66. The lowest BCUT2D eigenvalue weighted by Gasteiger charge is -2.09. The van der Waals surface area contributed by atoms with Gasteiger partial charge in [-0.25, -0.2) is 0 Å². The Morgan fingerprint density at radius 1 is 1.58 bits per heavy atom. The van der Waals surface area contributed by atoms with Crippen molar-refractivity contribution in [1.29, 1.82) is 0 Å². The molecule has 1 aromatic rings. The summed E-state index contributed by atoms with van der Waals surface area (Å²) < 4.78 is 0. The van der Waals surface area contributed by atoms with Crippen molar-refractivity contribution in [3.63, 3.8) is 0 Å². The SMILES string of the molecule is CCCC(C)NCc1nn[nH]n1. The summed E-state index contributed by atoms with van der Waals surface area (Å²) >= 11 is 0. The van der Waals surface area contributed by atoms with Crippen LogP contribution in [0.2, 0.25) is 0 Å². The van der Waals surface area contributed by atoms with Crippen LogP contribution in [0.4, 0.5) is 0 Å². The van der Waals surface area contributed by atoms with Crippen molar-refractivity contribution in [3.8, 4) is 0 Å². The monoisotopic (exact) mass is 169 g/mol. The quantitative estimate of drug-likeness (QED) is 0.672. The molecule has 0 aliphatic heterocycles. The molecule has 1 heterocycles. The summed E-state index contributed by atoms with van der Waals surface area (Å²) in [7, 11) is 0. The normalized spacial score (nSPS) is 13.2. The van der Waals surface area contributed by atoms with Gasteiger partial charge >= 0.3 is 0 Å². The Hall–Kier alpha value is -0.970. The molecule has 5 heteroatoms. The van der Waals surface area contributed by atoms with Gasteiger partial charge < -0.3 is 5.32 Å². The molecular weight excluding hydrogens is 154 g/mol. The lowest BCUT2D eigenvalue weighted by atomic mass is 10.2. The van der Waals surface area contributed by atoms with Gasteiger partial charge in [0.2, 0.25) is 0 Å². The molecule has 68 valence electrons. The molecule has 0 saturated heterocycles. The van der Waals surface area contributed by atoms with Crippen molar-refractivity contribution in [2.75, 3.05) is 0 Å². The molecule has 1 aromatic heterocycles. The van der Waals surface area contributed by atoms with Crippen LogP contribution in [0.3, 0.4) is 0 Å². The maximum absolute atomic E-state index is 3.84. The molecule has 1 unspecified atom stereocenters. The predicted molar refractivity (Wildman–Crippen MR) is 45.4 cm³/mol. The highest BCUT2D eigenvalue weighted by Crippen LogP contribution is 1.95. The second kappa shape index (κ2) is 4.82. The minimum atomic E-state index is 0.522. The second-order valence-electron chi connectivity index (χ2n) is 2.90. The van der Waals surface area contributed by atoms with E-state index in [1.807, 2.05) is 0 Å². The van der Waals surface area contributed by atoms with E-state index in [2.05, 4.69) is 39.8 Å². The van der Waals surface area contributed by atoms with Crippen LogP contribution in [-0.4, -0.2) is 26.7 Å². The predicted octanol–water partition coefficient (Wildman–Crippen LogP) is 0.478. The zero-order valence-electron chi connectivity index (χ0n) is 7.54. The molecule has 0 aromatic carbocycles. The first kappa shape index (κ1) is 9.12. The van der Waals surface area contributed by atoms with Gasteiger partial charge in [-0.2, -0.15) is 5.21 Å². The van der Waals surface area contributed by atoms with E-state index in [0.29, 0.717) is 12.6 Å². The highest BCUT2D eigenvalue weighted by molar-refractivity contribution is 4.75. The van der Waals surface area contributed by atoms with E-state index in [1.165, 1.54) is 12.8 Å². The maximum Gasteiger partial charge on any atom is 0.188 e. The van der Waals surface area contributed by atoms with Crippen LogP contribution in [-0.2, 0) is 6.54 Å². The summed E-state index contributed by atoms with van der Waals surface area (Å²) in [6.07, 6.45) is 2.37. The number of tetrazole rings is 1. The molecule has 0 aliphatic carbocycles.